The number of hydrogen-bond donors (Lipinski definition) is 1. The van der Waals surface area contributed by atoms with E-state index in [4.69, 9.17) is 14.6 Å². The number of benzene rings is 1. The predicted octanol–water partition coefficient (Wildman–Crippen LogP) is 1.99. The van der Waals surface area contributed by atoms with Crippen molar-refractivity contribution in [2.75, 3.05) is 0 Å². The zero-order valence-corrected chi connectivity index (χ0v) is 6.97. The summed E-state index contributed by atoms with van der Waals surface area (Å²) in [6.45, 7) is 0. The van der Waals surface area contributed by atoms with E-state index in [0.29, 0.717) is 11.5 Å². The molecule has 1 N–H and O–H groups in total. The van der Waals surface area contributed by atoms with Crippen LogP contribution in [0.5, 0.6) is 17.2 Å². The molecule has 0 atom stereocenters. The first-order valence-electron chi connectivity index (χ1n) is 3.79. The zero-order chi connectivity index (χ0) is 9.97. The van der Waals surface area contributed by atoms with E-state index in [9.17, 15) is 4.79 Å². The van der Waals surface area contributed by atoms with Crippen LogP contribution < -0.4 is 14.2 Å². The van der Waals surface area contributed by atoms with E-state index < -0.39 is 6.16 Å². The number of rotatable bonds is 1. The average molecular weight is 194 g/mol. The van der Waals surface area contributed by atoms with Gasteiger partial charge >= 0.3 is 6.16 Å². The van der Waals surface area contributed by atoms with Crippen LogP contribution in [0.15, 0.2) is 30.7 Å². The molecule has 0 aromatic heterocycles. The highest BCUT2D eigenvalue weighted by atomic mass is 16.7. The highest BCUT2D eigenvalue weighted by Crippen LogP contribution is 2.33. The SMILES string of the molecule is O=C(O)Oc1ccc2c(c1)OC=CO2. The maximum absolute atomic E-state index is 10.2. The molecule has 1 aromatic rings. The molecule has 1 aliphatic heterocycles. The Hall–Kier alpha value is -2.17. The second-order valence-electron chi connectivity index (χ2n) is 2.48. The van der Waals surface area contributed by atoms with E-state index >= 15 is 0 Å². The van der Waals surface area contributed by atoms with Crippen LogP contribution in [-0.4, -0.2) is 11.3 Å². The molecule has 5 nitrogen and oxygen atoms in total. The Kier molecular flexibility index (Phi) is 1.98. The van der Waals surface area contributed by atoms with Crippen LogP contribution in [0.2, 0.25) is 0 Å². The summed E-state index contributed by atoms with van der Waals surface area (Å²) in [6.07, 6.45) is 1.38. The highest BCUT2D eigenvalue weighted by molar-refractivity contribution is 5.62. The van der Waals surface area contributed by atoms with Gasteiger partial charge in [-0.1, -0.05) is 0 Å². The lowest BCUT2D eigenvalue weighted by atomic mass is 10.3. The number of hydrogen-bond acceptors (Lipinski definition) is 4. The van der Waals surface area contributed by atoms with Crippen molar-refractivity contribution in [3.63, 3.8) is 0 Å². The van der Waals surface area contributed by atoms with Gasteiger partial charge in [0, 0.05) is 6.07 Å². The molecule has 14 heavy (non-hydrogen) atoms. The quantitative estimate of drug-likeness (QED) is 0.547. The summed E-state index contributed by atoms with van der Waals surface area (Å²) in [7, 11) is 0. The summed E-state index contributed by atoms with van der Waals surface area (Å²) < 4.78 is 14.6. The lowest BCUT2D eigenvalue weighted by Crippen LogP contribution is -2.03. The van der Waals surface area contributed by atoms with Crippen molar-refractivity contribution < 1.29 is 24.1 Å². The average Bonchev–Trinajstić information content (AvgIpc) is 2.17. The molecule has 72 valence electrons. The molecule has 1 aromatic carbocycles. The van der Waals surface area contributed by atoms with Crippen LogP contribution >= 0.6 is 0 Å². The molecule has 5 heteroatoms. The Morgan fingerprint density at radius 1 is 1.21 bits per heavy atom. The Morgan fingerprint density at radius 3 is 2.64 bits per heavy atom. The van der Waals surface area contributed by atoms with Crippen molar-refractivity contribution >= 4 is 6.16 Å². The Labute approximate surface area is 79.1 Å². The van der Waals surface area contributed by atoms with Crippen LogP contribution in [0.4, 0.5) is 4.79 Å². The van der Waals surface area contributed by atoms with Crippen molar-refractivity contribution in [3.8, 4) is 17.2 Å². The van der Waals surface area contributed by atoms with Gasteiger partial charge in [-0.15, -0.1) is 0 Å². The molecule has 0 radical (unpaired) electrons. The van der Waals surface area contributed by atoms with Gasteiger partial charge in [0.15, 0.2) is 11.5 Å². The first kappa shape index (κ1) is 8.43. The number of fused-ring (bicyclic) bond motifs is 1. The monoisotopic (exact) mass is 194 g/mol. The second kappa shape index (κ2) is 3.29. The standard InChI is InChI=1S/C9H6O5/c10-9(11)14-6-1-2-7-8(5-6)13-4-3-12-7/h1-5H,(H,10,11). The van der Waals surface area contributed by atoms with Gasteiger partial charge < -0.3 is 19.3 Å². The largest absolute Gasteiger partial charge is 0.511 e. The normalized spacial score (nSPS) is 12.3. The van der Waals surface area contributed by atoms with E-state index in [1.165, 1.54) is 24.7 Å². The molecule has 0 saturated heterocycles. The summed E-state index contributed by atoms with van der Waals surface area (Å²) in [5.74, 6) is 1.13. The van der Waals surface area contributed by atoms with Gasteiger partial charge in [-0.25, -0.2) is 4.79 Å². The molecule has 0 spiro atoms. The molecule has 1 heterocycles. The van der Waals surface area contributed by atoms with E-state index in [0.717, 1.165) is 0 Å². The van der Waals surface area contributed by atoms with Gasteiger partial charge in [-0.2, -0.15) is 0 Å². The highest BCUT2D eigenvalue weighted by Gasteiger charge is 2.10. The third-order valence-corrected chi connectivity index (χ3v) is 1.57. The fraction of sp³-hybridized carbons (Fsp3) is 0. The van der Waals surface area contributed by atoms with Gasteiger partial charge in [0.05, 0.1) is 0 Å². The van der Waals surface area contributed by atoms with Crippen molar-refractivity contribution in [3.05, 3.63) is 30.7 Å². The lowest BCUT2D eigenvalue weighted by Gasteiger charge is -2.12. The zero-order valence-electron chi connectivity index (χ0n) is 6.97. The van der Waals surface area contributed by atoms with Crippen LogP contribution in [0.1, 0.15) is 0 Å². The molecule has 0 saturated carbocycles. The third-order valence-electron chi connectivity index (χ3n) is 1.57. The van der Waals surface area contributed by atoms with Crippen LogP contribution in [-0.2, 0) is 0 Å². The van der Waals surface area contributed by atoms with E-state index in [1.54, 1.807) is 6.07 Å². The minimum atomic E-state index is -1.36. The van der Waals surface area contributed by atoms with Crippen LogP contribution in [0, 0.1) is 0 Å². The van der Waals surface area contributed by atoms with Crippen molar-refractivity contribution in [2.45, 2.75) is 0 Å². The summed E-state index contributed by atoms with van der Waals surface area (Å²) >= 11 is 0. The molecule has 0 fully saturated rings. The summed E-state index contributed by atoms with van der Waals surface area (Å²) in [4.78, 5) is 10.2. The predicted molar refractivity (Wildman–Crippen MR) is 45.5 cm³/mol. The van der Waals surface area contributed by atoms with Crippen LogP contribution in [0.25, 0.3) is 0 Å². The molecule has 0 unspecified atom stereocenters. The smallest absolute Gasteiger partial charge is 0.458 e. The maximum Gasteiger partial charge on any atom is 0.511 e. The molecule has 0 bridgehead atoms. The minimum Gasteiger partial charge on any atom is -0.458 e. The summed E-state index contributed by atoms with van der Waals surface area (Å²) in [5, 5.41) is 8.36. The van der Waals surface area contributed by atoms with E-state index in [2.05, 4.69) is 4.74 Å². The summed E-state index contributed by atoms with van der Waals surface area (Å²) in [5.41, 5.74) is 0. The molecular weight excluding hydrogens is 188 g/mol. The first-order chi connectivity index (χ1) is 6.75. The Balaban J connectivity index is 2.27. The second-order valence-corrected chi connectivity index (χ2v) is 2.48. The molecular formula is C9H6O5. The number of ether oxygens (including phenoxy) is 3. The van der Waals surface area contributed by atoms with Crippen molar-refractivity contribution in [2.24, 2.45) is 0 Å². The fourth-order valence-electron chi connectivity index (χ4n) is 1.04. The van der Waals surface area contributed by atoms with Gasteiger partial charge in [-0.3, -0.25) is 0 Å². The number of carbonyl (C=O) groups is 1. The van der Waals surface area contributed by atoms with Crippen LogP contribution in [0.3, 0.4) is 0 Å². The first-order valence-corrected chi connectivity index (χ1v) is 3.79. The summed E-state index contributed by atoms with van der Waals surface area (Å²) in [6, 6.07) is 4.49. The van der Waals surface area contributed by atoms with Gasteiger partial charge in [0.25, 0.3) is 0 Å². The third kappa shape index (κ3) is 1.61. The van der Waals surface area contributed by atoms with E-state index in [-0.39, 0.29) is 5.75 Å². The fourth-order valence-corrected chi connectivity index (χ4v) is 1.04. The number of carboxylic acid groups (broad SMARTS) is 1. The van der Waals surface area contributed by atoms with Crippen molar-refractivity contribution in [1.82, 2.24) is 0 Å². The molecule has 2 rings (SSSR count). The molecule has 1 aliphatic rings. The molecule has 0 aliphatic carbocycles. The Morgan fingerprint density at radius 2 is 1.93 bits per heavy atom. The topological polar surface area (TPSA) is 65.0 Å². The molecule has 0 amide bonds. The Bertz CT molecular complexity index is 396. The maximum atomic E-state index is 10.2. The van der Waals surface area contributed by atoms with E-state index in [1.807, 2.05) is 0 Å². The van der Waals surface area contributed by atoms with Crippen molar-refractivity contribution in [1.29, 1.82) is 0 Å². The van der Waals surface area contributed by atoms with Gasteiger partial charge in [0.2, 0.25) is 0 Å². The lowest BCUT2D eigenvalue weighted by molar-refractivity contribution is 0.144. The van der Waals surface area contributed by atoms with Gasteiger partial charge in [0.1, 0.15) is 18.3 Å². The minimum absolute atomic E-state index is 0.190. The van der Waals surface area contributed by atoms with Gasteiger partial charge in [-0.05, 0) is 12.1 Å².